The number of non-ortho nitro benzene ring substituents is 1. The number of ether oxygens (including phenoxy) is 1. The highest BCUT2D eigenvalue weighted by atomic mass is 19.4. The van der Waals surface area contributed by atoms with E-state index in [-0.39, 0.29) is 0 Å². The Labute approximate surface area is 156 Å². The van der Waals surface area contributed by atoms with Gasteiger partial charge in [-0.25, -0.2) is 0 Å². The van der Waals surface area contributed by atoms with Gasteiger partial charge in [0, 0.05) is 12.1 Å². The van der Waals surface area contributed by atoms with E-state index in [4.69, 9.17) is 0 Å². The van der Waals surface area contributed by atoms with Crippen LogP contribution < -0.4 is 4.74 Å². The van der Waals surface area contributed by atoms with Gasteiger partial charge in [-0.2, -0.15) is 57.1 Å². The van der Waals surface area contributed by atoms with Crippen molar-refractivity contribution in [3.63, 3.8) is 0 Å². The van der Waals surface area contributed by atoms with Crippen LogP contribution in [0.1, 0.15) is 0 Å². The zero-order valence-corrected chi connectivity index (χ0v) is 13.6. The highest BCUT2D eigenvalue weighted by Crippen LogP contribution is 2.60. The van der Waals surface area contributed by atoms with Crippen molar-refractivity contribution in [3.05, 3.63) is 34.4 Å². The molecule has 0 aliphatic rings. The molecule has 1 aromatic rings. The summed E-state index contributed by atoms with van der Waals surface area (Å²) in [5, 5.41) is 10.4. The third-order valence-corrected chi connectivity index (χ3v) is 3.47. The maximum atomic E-state index is 13.5. The van der Waals surface area contributed by atoms with Crippen LogP contribution in [0.15, 0.2) is 24.3 Å². The summed E-state index contributed by atoms with van der Waals surface area (Å²) in [6, 6.07) is 2.13. The SMILES string of the molecule is O=[N+]([O-])c1ccc(OCC(F)(F)C(F)(F)C(F)(F)C(F)(F)C(F)(F)C(F)(F)F)cc1. The largest absolute Gasteiger partial charge is 0.487 e. The first kappa shape index (κ1) is 25.5. The van der Waals surface area contributed by atoms with E-state index >= 15 is 0 Å². The van der Waals surface area contributed by atoms with Gasteiger partial charge >= 0.3 is 35.8 Å². The van der Waals surface area contributed by atoms with Gasteiger partial charge in [0.25, 0.3) is 5.69 Å². The first-order valence-corrected chi connectivity index (χ1v) is 6.96. The Balaban J connectivity index is 3.20. The fourth-order valence-electron chi connectivity index (χ4n) is 1.73. The Morgan fingerprint density at radius 2 is 1.10 bits per heavy atom. The van der Waals surface area contributed by atoms with Crippen LogP contribution in [-0.4, -0.2) is 47.3 Å². The van der Waals surface area contributed by atoms with E-state index < -0.39 is 58.8 Å². The molecule has 1 aromatic carbocycles. The van der Waals surface area contributed by atoms with Gasteiger partial charge in [0.1, 0.15) is 5.75 Å². The van der Waals surface area contributed by atoms with E-state index in [9.17, 15) is 67.2 Å². The minimum atomic E-state index is -7.99. The van der Waals surface area contributed by atoms with Crippen LogP contribution in [0.3, 0.4) is 0 Å². The normalized spacial score (nSPS) is 14.6. The van der Waals surface area contributed by atoms with Gasteiger partial charge in [0.05, 0.1) is 4.92 Å². The second kappa shape index (κ2) is 7.33. The predicted molar refractivity (Wildman–Crippen MR) is 69.4 cm³/mol. The van der Waals surface area contributed by atoms with Crippen LogP contribution >= 0.6 is 0 Å². The molecule has 4 nitrogen and oxygen atoms in total. The summed E-state index contributed by atoms with van der Waals surface area (Å²) in [5.41, 5.74) is -0.667. The Morgan fingerprint density at radius 1 is 0.700 bits per heavy atom. The summed E-state index contributed by atoms with van der Waals surface area (Å²) in [7, 11) is 0. The summed E-state index contributed by atoms with van der Waals surface area (Å²) >= 11 is 0. The Kier molecular flexibility index (Phi) is 6.24. The van der Waals surface area contributed by atoms with Crippen LogP contribution in [0.4, 0.5) is 62.8 Å². The van der Waals surface area contributed by atoms with Gasteiger partial charge in [-0.3, -0.25) is 10.1 Å². The van der Waals surface area contributed by atoms with Gasteiger partial charge in [0.15, 0.2) is 6.61 Å². The lowest BCUT2D eigenvalue weighted by atomic mass is 9.94. The lowest BCUT2D eigenvalue weighted by Crippen LogP contribution is -2.70. The molecule has 0 spiro atoms. The van der Waals surface area contributed by atoms with Crippen molar-refractivity contribution < 1.29 is 66.7 Å². The quantitative estimate of drug-likeness (QED) is 0.277. The van der Waals surface area contributed by atoms with Crippen LogP contribution in [-0.2, 0) is 0 Å². The molecule has 0 aliphatic heterocycles. The lowest BCUT2D eigenvalue weighted by molar-refractivity contribution is -0.440. The maximum absolute atomic E-state index is 13.5. The molecule has 172 valence electrons. The molecule has 0 saturated carbocycles. The van der Waals surface area contributed by atoms with E-state index in [2.05, 4.69) is 4.74 Å². The number of halogens is 13. The van der Waals surface area contributed by atoms with Gasteiger partial charge in [-0.15, -0.1) is 0 Å². The lowest BCUT2D eigenvalue weighted by Gasteiger charge is -2.39. The highest BCUT2D eigenvalue weighted by Gasteiger charge is 2.90. The molecule has 0 unspecified atom stereocenters. The van der Waals surface area contributed by atoms with Crippen molar-refractivity contribution >= 4 is 5.69 Å². The molecule has 0 aliphatic carbocycles. The summed E-state index contributed by atoms with van der Waals surface area (Å²) in [6.45, 7) is -2.89. The number of nitrogens with zero attached hydrogens (tertiary/aromatic N) is 1. The first-order valence-electron chi connectivity index (χ1n) is 6.96. The predicted octanol–water partition coefficient (Wildman–Crippen LogP) is 5.71. The minimum Gasteiger partial charge on any atom is -0.487 e. The number of benzene rings is 1. The number of nitro groups is 1. The molecule has 0 heterocycles. The van der Waals surface area contributed by atoms with E-state index in [1.807, 2.05) is 0 Å². The minimum absolute atomic E-state index is 0.497. The first-order chi connectivity index (χ1) is 13.1. The van der Waals surface area contributed by atoms with Gasteiger partial charge in [0.2, 0.25) is 0 Å². The molecule has 0 aromatic heterocycles. The van der Waals surface area contributed by atoms with Crippen molar-refractivity contribution in [2.24, 2.45) is 0 Å². The molecule has 0 bridgehead atoms. The van der Waals surface area contributed by atoms with E-state index in [1.54, 1.807) is 0 Å². The number of alkyl halides is 13. The summed E-state index contributed by atoms with van der Waals surface area (Å²) in [6.07, 6.45) is -7.49. The zero-order valence-electron chi connectivity index (χ0n) is 13.6. The molecular weight excluding hydrogens is 465 g/mol. The Hall–Kier alpha value is -2.49. The van der Waals surface area contributed by atoms with Crippen molar-refractivity contribution in [3.8, 4) is 5.75 Å². The Bertz CT molecular complexity index is 773. The molecule has 0 radical (unpaired) electrons. The summed E-state index contributed by atoms with van der Waals surface area (Å²) in [4.78, 5) is 9.36. The van der Waals surface area contributed by atoms with Gasteiger partial charge in [-0.1, -0.05) is 0 Å². The second-order valence-corrected chi connectivity index (χ2v) is 5.54. The van der Waals surface area contributed by atoms with Crippen molar-refractivity contribution in [2.75, 3.05) is 6.61 Å². The summed E-state index contributed by atoms with van der Waals surface area (Å²) in [5.74, 6) is -38.5. The standard InChI is InChI=1S/C13H6F13NO3/c14-8(15,5-30-7-3-1-6(2-4-7)27(28)29)9(16,17)10(18,19)11(20,21)12(22,23)13(24,25)26/h1-4H,5H2. The van der Waals surface area contributed by atoms with E-state index in [1.165, 1.54) is 0 Å². The van der Waals surface area contributed by atoms with E-state index in [0.717, 1.165) is 0 Å². The second-order valence-electron chi connectivity index (χ2n) is 5.54. The van der Waals surface area contributed by atoms with Gasteiger partial charge in [-0.05, 0) is 12.1 Å². The van der Waals surface area contributed by atoms with Crippen LogP contribution in [0.2, 0.25) is 0 Å². The molecule has 17 heteroatoms. The molecule has 0 amide bonds. The van der Waals surface area contributed by atoms with Crippen LogP contribution in [0.5, 0.6) is 5.75 Å². The number of hydrogen-bond acceptors (Lipinski definition) is 3. The number of hydrogen-bond donors (Lipinski definition) is 0. The monoisotopic (exact) mass is 471 g/mol. The molecule has 0 saturated heterocycles. The molecule has 0 N–H and O–H groups in total. The Morgan fingerprint density at radius 3 is 1.47 bits per heavy atom. The summed E-state index contributed by atoms with van der Waals surface area (Å²) < 4.78 is 171. The topological polar surface area (TPSA) is 52.4 Å². The fourth-order valence-corrected chi connectivity index (χ4v) is 1.73. The van der Waals surface area contributed by atoms with E-state index in [0.29, 0.717) is 24.3 Å². The number of nitro benzene ring substituents is 1. The molecule has 0 atom stereocenters. The van der Waals surface area contributed by atoms with Crippen molar-refractivity contribution in [2.45, 2.75) is 35.8 Å². The van der Waals surface area contributed by atoms with Crippen LogP contribution in [0.25, 0.3) is 0 Å². The smallest absolute Gasteiger partial charge is 0.460 e. The van der Waals surface area contributed by atoms with Crippen molar-refractivity contribution in [1.82, 2.24) is 0 Å². The molecule has 1 rings (SSSR count). The average Bonchev–Trinajstić information content (AvgIpc) is 2.58. The molecular formula is C13H6F13NO3. The average molecular weight is 471 g/mol. The fraction of sp³-hybridized carbons (Fsp3) is 0.538. The van der Waals surface area contributed by atoms with Crippen molar-refractivity contribution in [1.29, 1.82) is 0 Å². The zero-order chi connectivity index (χ0) is 24.0. The number of rotatable bonds is 8. The van der Waals surface area contributed by atoms with Crippen LogP contribution in [0, 0.1) is 10.1 Å². The molecule has 30 heavy (non-hydrogen) atoms. The third-order valence-electron chi connectivity index (χ3n) is 3.47. The third kappa shape index (κ3) is 3.92. The van der Waals surface area contributed by atoms with Gasteiger partial charge < -0.3 is 4.74 Å². The highest BCUT2D eigenvalue weighted by molar-refractivity contribution is 5.36. The molecule has 0 fully saturated rings. The maximum Gasteiger partial charge on any atom is 0.460 e.